The Kier molecular flexibility index (Phi) is 10.7. The third kappa shape index (κ3) is 7.67. The van der Waals surface area contributed by atoms with Gasteiger partial charge in [0.05, 0.1) is 34.3 Å². The molecule has 1 aliphatic rings. The molecule has 0 aromatic heterocycles. The molecule has 0 spiro atoms. The van der Waals surface area contributed by atoms with E-state index < -0.39 is 17.8 Å². The molecule has 43 heavy (non-hydrogen) atoms. The molecule has 0 saturated carbocycles. The van der Waals surface area contributed by atoms with Crippen LogP contribution in [-0.4, -0.2) is 46.3 Å². The second-order valence-electron chi connectivity index (χ2n) is 8.80. The molecule has 1 amide bonds. The summed E-state index contributed by atoms with van der Waals surface area (Å²) in [5, 5.41) is 20.3. The number of carbonyl (C=O) groups is 3. The molecular formula is C31H25BrClNO8S. The Morgan fingerprint density at radius 1 is 1.00 bits per heavy atom. The number of aliphatic imine (C=N–C) groups is 1. The number of esters is 1. The van der Waals surface area contributed by atoms with Crippen molar-refractivity contribution in [2.75, 3.05) is 13.2 Å². The van der Waals surface area contributed by atoms with Crippen LogP contribution in [0.2, 0.25) is 5.02 Å². The molecule has 0 radical (unpaired) electrons. The number of hydrogen-bond donors (Lipinski definition) is 2. The molecule has 1 heterocycles. The van der Waals surface area contributed by atoms with E-state index >= 15 is 0 Å². The summed E-state index contributed by atoms with van der Waals surface area (Å²) in [6.07, 6.45) is 1.61. The maximum Gasteiger partial charge on any atom is 0.344 e. The number of thioether (sulfide) groups is 1. The molecule has 3 aromatic rings. The van der Waals surface area contributed by atoms with Crippen LogP contribution in [0.4, 0.5) is 0 Å². The monoisotopic (exact) mass is 685 g/mol. The SMILES string of the molecule is CCOC(=O)C1=C(O)/C(=C/c2cc(OCC)c(OCc3ccc(C(=O)O)cc3)cc2Br)SC1=NC(=O)c1ccccc1Cl. The Labute approximate surface area is 265 Å². The van der Waals surface area contributed by atoms with E-state index in [2.05, 4.69) is 20.9 Å². The highest BCUT2D eigenvalue weighted by Gasteiger charge is 2.34. The van der Waals surface area contributed by atoms with Crippen LogP contribution in [0.5, 0.6) is 11.5 Å². The number of amides is 1. The molecule has 9 nitrogen and oxygen atoms in total. The number of benzene rings is 3. The van der Waals surface area contributed by atoms with Gasteiger partial charge in [0.25, 0.3) is 5.91 Å². The van der Waals surface area contributed by atoms with Crippen molar-refractivity contribution in [3.8, 4) is 11.5 Å². The number of aliphatic hydroxyl groups is 1. The van der Waals surface area contributed by atoms with Gasteiger partial charge < -0.3 is 24.4 Å². The van der Waals surface area contributed by atoms with Crippen molar-refractivity contribution in [1.29, 1.82) is 0 Å². The lowest BCUT2D eigenvalue weighted by molar-refractivity contribution is -0.138. The predicted molar refractivity (Wildman–Crippen MR) is 168 cm³/mol. The molecule has 222 valence electrons. The smallest absolute Gasteiger partial charge is 0.344 e. The van der Waals surface area contributed by atoms with Crippen LogP contribution in [-0.2, 0) is 16.1 Å². The second kappa shape index (κ2) is 14.4. The molecule has 1 aliphatic heterocycles. The van der Waals surface area contributed by atoms with Gasteiger partial charge in [0.1, 0.15) is 23.0 Å². The number of carbonyl (C=O) groups excluding carboxylic acids is 2. The molecule has 0 atom stereocenters. The zero-order valence-corrected chi connectivity index (χ0v) is 26.1. The van der Waals surface area contributed by atoms with E-state index in [1.54, 1.807) is 55.5 Å². The number of carboxylic acids is 1. The van der Waals surface area contributed by atoms with Gasteiger partial charge in [-0.05, 0) is 67.4 Å². The maximum absolute atomic E-state index is 12.9. The molecular weight excluding hydrogens is 662 g/mol. The van der Waals surface area contributed by atoms with Gasteiger partial charge in [0, 0.05) is 4.47 Å². The second-order valence-corrected chi connectivity index (χ2v) is 11.1. The normalized spacial score (nSPS) is 14.7. The number of halogens is 2. The van der Waals surface area contributed by atoms with Gasteiger partial charge in [0.2, 0.25) is 0 Å². The number of rotatable bonds is 10. The summed E-state index contributed by atoms with van der Waals surface area (Å²) >= 11 is 10.6. The average Bonchev–Trinajstić information content (AvgIpc) is 3.28. The van der Waals surface area contributed by atoms with Crippen molar-refractivity contribution in [3.05, 3.63) is 109 Å². The topological polar surface area (TPSA) is 132 Å². The highest BCUT2D eigenvalue weighted by Crippen LogP contribution is 2.42. The molecule has 0 unspecified atom stereocenters. The van der Waals surface area contributed by atoms with E-state index in [9.17, 15) is 19.5 Å². The lowest BCUT2D eigenvalue weighted by Crippen LogP contribution is -2.14. The Hall–Kier alpha value is -4.06. The molecule has 0 bridgehead atoms. The minimum absolute atomic E-state index is 0.0258. The van der Waals surface area contributed by atoms with Gasteiger partial charge in [-0.15, -0.1) is 0 Å². The number of ether oxygens (including phenoxy) is 3. The van der Waals surface area contributed by atoms with Crippen molar-refractivity contribution < 1.29 is 38.8 Å². The summed E-state index contributed by atoms with van der Waals surface area (Å²) in [6.45, 7) is 4.00. The quantitative estimate of drug-likeness (QED) is 0.208. The third-order valence-electron chi connectivity index (χ3n) is 5.92. The fourth-order valence-corrected chi connectivity index (χ4v) is 5.52. The van der Waals surface area contributed by atoms with Gasteiger partial charge in [-0.1, -0.05) is 63.6 Å². The molecule has 0 saturated heterocycles. The number of carboxylic acid groups (broad SMARTS) is 1. The molecule has 0 aliphatic carbocycles. The van der Waals surface area contributed by atoms with Gasteiger partial charge in [-0.25, -0.2) is 14.6 Å². The molecule has 3 aromatic carbocycles. The molecule has 12 heteroatoms. The standard InChI is InChI=1S/C31H25BrClNO8S/c1-3-40-23-13-19(21(32)15-24(23)42-16-17-9-11-18(12-10-17)30(37)38)14-25-27(35)26(31(39)41-4-2)29(43-25)34-28(36)20-7-5-6-8-22(20)33/h5-15,35H,3-4,16H2,1-2H3,(H,37,38)/b25-14-,34-29?. The van der Waals surface area contributed by atoms with E-state index in [0.29, 0.717) is 28.1 Å². The van der Waals surface area contributed by atoms with E-state index in [4.69, 9.17) is 30.9 Å². The first-order chi connectivity index (χ1) is 20.6. The van der Waals surface area contributed by atoms with E-state index in [0.717, 1.165) is 17.3 Å². The first-order valence-corrected chi connectivity index (χ1v) is 14.9. The van der Waals surface area contributed by atoms with E-state index in [-0.39, 0.29) is 50.6 Å². The summed E-state index contributed by atoms with van der Waals surface area (Å²) in [6, 6.07) is 16.1. The molecule has 2 N–H and O–H groups in total. The summed E-state index contributed by atoms with van der Waals surface area (Å²) in [7, 11) is 0. The van der Waals surface area contributed by atoms with Crippen LogP contribution in [0.1, 0.15) is 45.7 Å². The molecule has 0 fully saturated rings. The van der Waals surface area contributed by atoms with Crippen LogP contribution in [0.3, 0.4) is 0 Å². The summed E-state index contributed by atoms with van der Waals surface area (Å²) < 4.78 is 17.5. The van der Waals surface area contributed by atoms with E-state index in [1.807, 2.05) is 6.92 Å². The van der Waals surface area contributed by atoms with Crippen LogP contribution in [0, 0.1) is 0 Å². The zero-order valence-electron chi connectivity index (χ0n) is 22.9. The van der Waals surface area contributed by atoms with Crippen molar-refractivity contribution in [1.82, 2.24) is 0 Å². The lowest BCUT2D eigenvalue weighted by atomic mass is 10.1. The fraction of sp³-hybridized carbons (Fsp3) is 0.161. The fourth-order valence-electron chi connectivity index (χ4n) is 3.87. The van der Waals surface area contributed by atoms with Crippen LogP contribution in [0.25, 0.3) is 6.08 Å². The minimum atomic E-state index is -1.01. The Morgan fingerprint density at radius 2 is 1.70 bits per heavy atom. The Morgan fingerprint density at radius 3 is 2.35 bits per heavy atom. The van der Waals surface area contributed by atoms with Crippen molar-refractivity contribution in [3.63, 3.8) is 0 Å². The van der Waals surface area contributed by atoms with Gasteiger partial charge >= 0.3 is 11.9 Å². The third-order valence-corrected chi connectivity index (χ3v) is 7.96. The summed E-state index contributed by atoms with van der Waals surface area (Å²) in [5.74, 6) is -2.06. The zero-order chi connectivity index (χ0) is 31.1. The van der Waals surface area contributed by atoms with Gasteiger partial charge in [0.15, 0.2) is 11.5 Å². The first-order valence-electron chi connectivity index (χ1n) is 12.9. The van der Waals surface area contributed by atoms with Crippen molar-refractivity contribution >= 4 is 68.3 Å². The first kappa shape index (κ1) is 31.9. The summed E-state index contributed by atoms with van der Waals surface area (Å²) in [5.41, 5.74) is 1.44. The van der Waals surface area contributed by atoms with Crippen LogP contribution < -0.4 is 9.47 Å². The van der Waals surface area contributed by atoms with E-state index in [1.165, 1.54) is 18.2 Å². The highest BCUT2D eigenvalue weighted by molar-refractivity contribution is 9.10. The van der Waals surface area contributed by atoms with Crippen molar-refractivity contribution in [2.24, 2.45) is 4.99 Å². The largest absolute Gasteiger partial charge is 0.506 e. The number of aliphatic hydroxyl groups excluding tert-OH is 1. The highest BCUT2D eigenvalue weighted by atomic mass is 79.9. The Bertz CT molecular complexity index is 1670. The average molecular weight is 687 g/mol. The Balaban J connectivity index is 1.66. The summed E-state index contributed by atoms with van der Waals surface area (Å²) in [4.78, 5) is 41.1. The van der Waals surface area contributed by atoms with Gasteiger partial charge in [-0.3, -0.25) is 4.79 Å². The van der Waals surface area contributed by atoms with Gasteiger partial charge in [-0.2, -0.15) is 0 Å². The predicted octanol–water partition coefficient (Wildman–Crippen LogP) is 7.48. The van der Waals surface area contributed by atoms with Crippen LogP contribution >= 0.6 is 39.3 Å². The number of aromatic carboxylic acids is 1. The van der Waals surface area contributed by atoms with Crippen LogP contribution in [0.15, 0.2) is 86.4 Å². The lowest BCUT2D eigenvalue weighted by Gasteiger charge is -2.14. The molecule has 4 rings (SSSR count). The number of nitrogens with zero attached hydrogens (tertiary/aromatic N) is 1. The minimum Gasteiger partial charge on any atom is -0.506 e. The maximum atomic E-state index is 12.9. The number of hydrogen-bond acceptors (Lipinski definition) is 8. The van der Waals surface area contributed by atoms with Crippen molar-refractivity contribution in [2.45, 2.75) is 20.5 Å².